The van der Waals surface area contributed by atoms with Gasteiger partial charge in [0.15, 0.2) is 0 Å². The fourth-order valence-electron chi connectivity index (χ4n) is 3.24. The summed E-state index contributed by atoms with van der Waals surface area (Å²) in [5.41, 5.74) is 0.216. The first-order valence-electron chi connectivity index (χ1n) is 7.63. The van der Waals surface area contributed by atoms with Crippen molar-refractivity contribution in [2.75, 3.05) is 0 Å². The van der Waals surface area contributed by atoms with E-state index < -0.39 is 11.7 Å². The third-order valence-corrected chi connectivity index (χ3v) is 4.29. The predicted octanol–water partition coefficient (Wildman–Crippen LogP) is 6.68. The summed E-state index contributed by atoms with van der Waals surface area (Å²) in [5.74, 6) is 0. The van der Waals surface area contributed by atoms with Crippen molar-refractivity contribution in [3.63, 3.8) is 0 Å². The van der Waals surface area contributed by atoms with E-state index in [1.165, 1.54) is 6.07 Å². The third kappa shape index (κ3) is 2.33. The van der Waals surface area contributed by atoms with Gasteiger partial charge < -0.3 is 0 Å². The van der Waals surface area contributed by atoms with Crippen LogP contribution in [0.1, 0.15) is 5.56 Å². The maximum absolute atomic E-state index is 13.6. The molecule has 24 heavy (non-hydrogen) atoms. The number of benzene rings is 4. The summed E-state index contributed by atoms with van der Waals surface area (Å²) in [6, 6.07) is 22.9. The van der Waals surface area contributed by atoms with Crippen molar-refractivity contribution in [3.8, 4) is 11.1 Å². The first-order valence-corrected chi connectivity index (χ1v) is 7.63. The van der Waals surface area contributed by atoms with Gasteiger partial charge in [-0.2, -0.15) is 13.2 Å². The van der Waals surface area contributed by atoms with Gasteiger partial charge in [0.2, 0.25) is 0 Å². The molecule has 0 heterocycles. The topological polar surface area (TPSA) is 0 Å². The van der Waals surface area contributed by atoms with Crippen LogP contribution in [0, 0.1) is 0 Å². The van der Waals surface area contributed by atoms with E-state index in [4.69, 9.17) is 0 Å². The zero-order chi connectivity index (χ0) is 16.7. The van der Waals surface area contributed by atoms with E-state index in [1.54, 1.807) is 42.5 Å². The van der Waals surface area contributed by atoms with E-state index >= 15 is 0 Å². The molecule has 0 fully saturated rings. The highest BCUT2D eigenvalue weighted by Crippen LogP contribution is 2.42. The Morgan fingerprint density at radius 3 is 1.96 bits per heavy atom. The molecule has 0 saturated carbocycles. The molecular weight excluding hydrogens is 309 g/mol. The molecule has 4 aromatic rings. The highest BCUT2D eigenvalue weighted by atomic mass is 19.4. The normalized spacial score (nSPS) is 12.0. The number of alkyl halides is 3. The molecule has 0 aliphatic heterocycles. The Morgan fingerprint density at radius 2 is 1.21 bits per heavy atom. The largest absolute Gasteiger partial charge is 0.417 e. The average Bonchev–Trinajstić information content (AvgIpc) is 2.60. The molecule has 0 atom stereocenters. The molecule has 0 aliphatic rings. The Kier molecular flexibility index (Phi) is 3.31. The monoisotopic (exact) mass is 322 g/mol. The number of halogens is 3. The highest BCUT2D eigenvalue weighted by Gasteiger charge is 2.34. The number of hydrogen-bond acceptors (Lipinski definition) is 0. The van der Waals surface area contributed by atoms with E-state index in [0.717, 1.165) is 16.2 Å². The van der Waals surface area contributed by atoms with Gasteiger partial charge in [0.05, 0.1) is 5.56 Å². The summed E-state index contributed by atoms with van der Waals surface area (Å²) in [6.45, 7) is 0. The standard InChI is InChI=1S/C21H13F3/c22-21(23,24)19-13-12-17-16-9-5-4-6-14(16)10-11-18(17)20(19)15-7-2-1-3-8-15/h1-13H. The second-order valence-corrected chi connectivity index (χ2v) is 5.73. The molecule has 0 aliphatic carbocycles. The molecule has 0 N–H and O–H groups in total. The van der Waals surface area contributed by atoms with Crippen LogP contribution in [0.5, 0.6) is 0 Å². The molecular formula is C21H13F3. The van der Waals surface area contributed by atoms with Crippen molar-refractivity contribution in [2.24, 2.45) is 0 Å². The molecule has 0 unspecified atom stereocenters. The van der Waals surface area contributed by atoms with Gasteiger partial charge in [-0.1, -0.05) is 72.8 Å². The maximum Gasteiger partial charge on any atom is 0.417 e. The molecule has 0 saturated heterocycles. The van der Waals surface area contributed by atoms with Crippen LogP contribution in [0.3, 0.4) is 0 Å². The van der Waals surface area contributed by atoms with E-state index in [0.29, 0.717) is 10.9 Å². The van der Waals surface area contributed by atoms with Crippen LogP contribution in [0.2, 0.25) is 0 Å². The van der Waals surface area contributed by atoms with Crippen LogP contribution in [0.15, 0.2) is 78.9 Å². The summed E-state index contributed by atoms with van der Waals surface area (Å²) in [5, 5.41) is 3.43. The van der Waals surface area contributed by atoms with Crippen molar-refractivity contribution in [1.82, 2.24) is 0 Å². The van der Waals surface area contributed by atoms with Gasteiger partial charge in [0.1, 0.15) is 0 Å². The van der Waals surface area contributed by atoms with Crippen molar-refractivity contribution < 1.29 is 13.2 Å². The Balaban J connectivity index is 2.17. The molecule has 3 heteroatoms. The Hall–Kier alpha value is -2.81. The Bertz CT molecular complexity index is 1030. The lowest BCUT2D eigenvalue weighted by Gasteiger charge is -2.17. The number of rotatable bonds is 1. The van der Waals surface area contributed by atoms with E-state index in [2.05, 4.69) is 0 Å². The van der Waals surface area contributed by atoms with Crippen LogP contribution in [0.25, 0.3) is 32.7 Å². The molecule has 4 rings (SSSR count). The molecule has 0 bridgehead atoms. The van der Waals surface area contributed by atoms with E-state index in [-0.39, 0.29) is 5.56 Å². The third-order valence-electron chi connectivity index (χ3n) is 4.29. The van der Waals surface area contributed by atoms with Crippen LogP contribution in [-0.2, 0) is 6.18 Å². The van der Waals surface area contributed by atoms with Gasteiger partial charge >= 0.3 is 6.18 Å². The van der Waals surface area contributed by atoms with Gasteiger partial charge in [0.25, 0.3) is 0 Å². The van der Waals surface area contributed by atoms with Gasteiger partial charge in [-0.05, 0) is 33.2 Å². The summed E-state index contributed by atoms with van der Waals surface area (Å²) in [7, 11) is 0. The molecule has 0 spiro atoms. The summed E-state index contributed by atoms with van der Waals surface area (Å²) < 4.78 is 40.7. The lowest BCUT2D eigenvalue weighted by molar-refractivity contribution is -0.137. The van der Waals surface area contributed by atoms with Crippen molar-refractivity contribution >= 4 is 21.5 Å². The zero-order valence-corrected chi connectivity index (χ0v) is 12.6. The second-order valence-electron chi connectivity index (χ2n) is 5.73. The summed E-state index contributed by atoms with van der Waals surface area (Å²) in [6.07, 6.45) is -4.40. The first kappa shape index (κ1) is 14.8. The van der Waals surface area contributed by atoms with E-state index in [1.807, 2.05) is 30.3 Å². The smallest absolute Gasteiger partial charge is 0.166 e. The molecule has 118 valence electrons. The second kappa shape index (κ2) is 5.38. The quantitative estimate of drug-likeness (QED) is 0.343. The lowest BCUT2D eigenvalue weighted by Crippen LogP contribution is -2.07. The molecule has 0 nitrogen and oxygen atoms in total. The minimum atomic E-state index is -4.40. The fourth-order valence-corrected chi connectivity index (χ4v) is 3.24. The fraction of sp³-hybridized carbons (Fsp3) is 0.0476. The molecule has 0 radical (unpaired) electrons. The van der Waals surface area contributed by atoms with Crippen LogP contribution < -0.4 is 0 Å². The average molecular weight is 322 g/mol. The number of hydrogen-bond donors (Lipinski definition) is 0. The SMILES string of the molecule is FC(F)(F)c1ccc2c(ccc3ccccc32)c1-c1ccccc1. The van der Waals surface area contributed by atoms with Gasteiger partial charge in [-0.3, -0.25) is 0 Å². The Morgan fingerprint density at radius 1 is 0.542 bits per heavy atom. The highest BCUT2D eigenvalue weighted by molar-refractivity contribution is 6.12. The minimum absolute atomic E-state index is 0.242. The van der Waals surface area contributed by atoms with Crippen LogP contribution in [0.4, 0.5) is 13.2 Å². The summed E-state index contributed by atoms with van der Waals surface area (Å²) in [4.78, 5) is 0. The van der Waals surface area contributed by atoms with Crippen LogP contribution >= 0.6 is 0 Å². The minimum Gasteiger partial charge on any atom is -0.166 e. The first-order chi connectivity index (χ1) is 11.6. The van der Waals surface area contributed by atoms with Gasteiger partial charge in [-0.25, -0.2) is 0 Å². The van der Waals surface area contributed by atoms with Crippen molar-refractivity contribution in [2.45, 2.75) is 6.18 Å². The van der Waals surface area contributed by atoms with Crippen molar-refractivity contribution in [1.29, 1.82) is 0 Å². The summed E-state index contributed by atoms with van der Waals surface area (Å²) >= 11 is 0. The molecule has 4 aromatic carbocycles. The zero-order valence-electron chi connectivity index (χ0n) is 12.6. The Labute approximate surface area is 137 Å². The maximum atomic E-state index is 13.6. The van der Waals surface area contributed by atoms with Gasteiger partial charge in [-0.15, -0.1) is 0 Å². The van der Waals surface area contributed by atoms with Crippen LogP contribution in [-0.4, -0.2) is 0 Å². The number of fused-ring (bicyclic) bond motifs is 3. The molecule has 0 amide bonds. The van der Waals surface area contributed by atoms with Crippen molar-refractivity contribution in [3.05, 3.63) is 84.4 Å². The lowest BCUT2D eigenvalue weighted by atomic mass is 9.90. The van der Waals surface area contributed by atoms with E-state index in [9.17, 15) is 13.2 Å². The molecule has 0 aromatic heterocycles. The van der Waals surface area contributed by atoms with Gasteiger partial charge in [0, 0.05) is 5.56 Å². The predicted molar refractivity (Wildman–Crippen MR) is 91.9 cm³/mol.